The van der Waals surface area contributed by atoms with E-state index in [2.05, 4.69) is 13.8 Å². The lowest BCUT2D eigenvalue weighted by Crippen LogP contribution is -2.52. The van der Waals surface area contributed by atoms with Crippen LogP contribution in [0.2, 0.25) is 0 Å². The Kier molecular flexibility index (Phi) is 4.22. The molecule has 2 saturated heterocycles. The average Bonchev–Trinajstić information content (AvgIpc) is 2.37. The molecule has 2 rings (SSSR count). The topological polar surface area (TPSA) is 49.9 Å². The van der Waals surface area contributed by atoms with Gasteiger partial charge >= 0.3 is 11.8 Å². The van der Waals surface area contributed by atoms with E-state index in [-0.39, 0.29) is 11.8 Å². The van der Waals surface area contributed by atoms with Crippen LogP contribution in [0.3, 0.4) is 0 Å². The van der Waals surface area contributed by atoms with Gasteiger partial charge < -0.3 is 14.5 Å². The molecule has 2 aliphatic heterocycles. The Balaban J connectivity index is 1.95. The molecule has 2 heterocycles. The Bertz CT molecular complexity index is 316. The number of carbonyl (C=O) groups is 2. The first-order chi connectivity index (χ1) is 8.58. The first-order valence-electron chi connectivity index (χ1n) is 6.74. The molecule has 2 amide bonds. The number of carbonyl (C=O) groups excluding carboxylic acids is 2. The second-order valence-electron chi connectivity index (χ2n) is 5.56. The van der Waals surface area contributed by atoms with E-state index in [0.29, 0.717) is 51.2 Å². The molecular weight excluding hydrogens is 232 g/mol. The number of amides is 2. The summed E-state index contributed by atoms with van der Waals surface area (Å²) in [4.78, 5) is 27.6. The Morgan fingerprint density at radius 2 is 1.44 bits per heavy atom. The lowest BCUT2D eigenvalue weighted by molar-refractivity contribution is -0.155. The van der Waals surface area contributed by atoms with Gasteiger partial charge in [0.15, 0.2) is 0 Å². The van der Waals surface area contributed by atoms with Crippen molar-refractivity contribution in [3.05, 3.63) is 0 Å². The molecule has 0 spiro atoms. The lowest BCUT2D eigenvalue weighted by atomic mass is 9.92. The maximum atomic E-state index is 12.2. The molecule has 5 heteroatoms. The zero-order valence-electron chi connectivity index (χ0n) is 11.2. The molecule has 0 aromatic rings. The Morgan fingerprint density at radius 1 is 0.944 bits per heavy atom. The van der Waals surface area contributed by atoms with Gasteiger partial charge in [-0.2, -0.15) is 0 Å². The highest BCUT2D eigenvalue weighted by atomic mass is 16.5. The summed E-state index contributed by atoms with van der Waals surface area (Å²) in [5.41, 5.74) is 0. The fourth-order valence-electron chi connectivity index (χ4n) is 2.87. The molecule has 5 nitrogen and oxygen atoms in total. The molecular formula is C13H22N2O3. The fourth-order valence-corrected chi connectivity index (χ4v) is 2.87. The third-order valence-corrected chi connectivity index (χ3v) is 3.64. The minimum atomic E-state index is -0.361. The number of piperidine rings is 1. The van der Waals surface area contributed by atoms with Crippen LogP contribution >= 0.6 is 0 Å². The maximum absolute atomic E-state index is 12.2. The van der Waals surface area contributed by atoms with Gasteiger partial charge in [-0.25, -0.2) is 0 Å². The number of hydrogen-bond donors (Lipinski definition) is 0. The van der Waals surface area contributed by atoms with E-state index < -0.39 is 0 Å². The summed E-state index contributed by atoms with van der Waals surface area (Å²) in [5, 5.41) is 0. The quantitative estimate of drug-likeness (QED) is 0.586. The van der Waals surface area contributed by atoms with Crippen LogP contribution in [-0.2, 0) is 14.3 Å². The van der Waals surface area contributed by atoms with E-state index in [1.54, 1.807) is 9.80 Å². The number of ether oxygens (including phenoxy) is 1. The van der Waals surface area contributed by atoms with E-state index in [9.17, 15) is 9.59 Å². The maximum Gasteiger partial charge on any atom is 0.312 e. The van der Waals surface area contributed by atoms with Crippen molar-refractivity contribution in [3.63, 3.8) is 0 Å². The van der Waals surface area contributed by atoms with Crippen molar-refractivity contribution < 1.29 is 14.3 Å². The van der Waals surface area contributed by atoms with Gasteiger partial charge in [-0.1, -0.05) is 13.8 Å². The number of rotatable bonds is 0. The number of hydrogen-bond acceptors (Lipinski definition) is 3. The van der Waals surface area contributed by atoms with Gasteiger partial charge in [0.05, 0.1) is 13.2 Å². The molecule has 0 aromatic heterocycles. The monoisotopic (exact) mass is 254 g/mol. The third kappa shape index (κ3) is 3.02. The van der Waals surface area contributed by atoms with Gasteiger partial charge in [0.2, 0.25) is 0 Å². The highest BCUT2D eigenvalue weighted by Crippen LogP contribution is 2.21. The first-order valence-corrected chi connectivity index (χ1v) is 6.74. The summed E-state index contributed by atoms with van der Waals surface area (Å²) in [6.07, 6.45) is 1.13. The molecule has 0 aromatic carbocycles. The highest BCUT2D eigenvalue weighted by Gasteiger charge is 2.32. The number of likely N-dealkylation sites (tertiary alicyclic amines) is 1. The predicted octanol–water partition coefficient (Wildman–Crippen LogP) is 0.350. The van der Waals surface area contributed by atoms with Crippen molar-refractivity contribution in [3.8, 4) is 0 Å². The molecule has 2 fully saturated rings. The number of morpholine rings is 1. The van der Waals surface area contributed by atoms with Crippen molar-refractivity contribution in [2.24, 2.45) is 11.8 Å². The summed E-state index contributed by atoms with van der Waals surface area (Å²) >= 11 is 0. The van der Waals surface area contributed by atoms with Crippen LogP contribution in [0.25, 0.3) is 0 Å². The van der Waals surface area contributed by atoms with Gasteiger partial charge in [-0.05, 0) is 18.3 Å². The van der Waals surface area contributed by atoms with Crippen LogP contribution in [0.15, 0.2) is 0 Å². The third-order valence-electron chi connectivity index (χ3n) is 3.64. The molecule has 0 aliphatic carbocycles. The molecule has 0 bridgehead atoms. The van der Waals surface area contributed by atoms with Crippen molar-refractivity contribution >= 4 is 11.8 Å². The largest absolute Gasteiger partial charge is 0.378 e. The van der Waals surface area contributed by atoms with Crippen LogP contribution < -0.4 is 0 Å². The van der Waals surface area contributed by atoms with Gasteiger partial charge in [0.1, 0.15) is 0 Å². The zero-order chi connectivity index (χ0) is 13.1. The Hall–Kier alpha value is -1.10. The van der Waals surface area contributed by atoms with E-state index >= 15 is 0 Å². The van der Waals surface area contributed by atoms with Gasteiger partial charge in [-0.3, -0.25) is 9.59 Å². The molecule has 0 N–H and O–H groups in total. The number of nitrogens with zero attached hydrogens (tertiary/aromatic N) is 2. The molecule has 2 aliphatic rings. The van der Waals surface area contributed by atoms with Gasteiger partial charge in [-0.15, -0.1) is 0 Å². The van der Waals surface area contributed by atoms with E-state index in [1.807, 2.05) is 0 Å². The molecule has 2 unspecified atom stereocenters. The highest BCUT2D eigenvalue weighted by molar-refractivity contribution is 6.34. The summed E-state index contributed by atoms with van der Waals surface area (Å²) in [6.45, 7) is 7.81. The second kappa shape index (κ2) is 5.69. The van der Waals surface area contributed by atoms with Crippen molar-refractivity contribution in [2.45, 2.75) is 20.3 Å². The van der Waals surface area contributed by atoms with Gasteiger partial charge in [0, 0.05) is 26.2 Å². The normalized spacial score (nSPS) is 29.2. The molecule has 18 heavy (non-hydrogen) atoms. The second-order valence-corrected chi connectivity index (χ2v) is 5.56. The van der Waals surface area contributed by atoms with E-state index in [0.717, 1.165) is 6.42 Å². The SMILES string of the molecule is CC1CC(C)CN(C(=O)C(=O)N2CCOCC2)C1. The first kappa shape index (κ1) is 13.3. The summed E-state index contributed by atoms with van der Waals surface area (Å²) in [5.74, 6) is 0.264. The van der Waals surface area contributed by atoms with Crippen LogP contribution in [0.4, 0.5) is 0 Å². The Labute approximate surface area is 108 Å². The lowest BCUT2D eigenvalue weighted by Gasteiger charge is -2.36. The van der Waals surface area contributed by atoms with Crippen molar-refractivity contribution in [1.82, 2.24) is 9.80 Å². The van der Waals surface area contributed by atoms with Crippen LogP contribution in [0.1, 0.15) is 20.3 Å². The standard InChI is InChI=1S/C13H22N2O3/c1-10-7-11(2)9-15(8-10)13(17)12(16)14-3-5-18-6-4-14/h10-11H,3-9H2,1-2H3. The average molecular weight is 254 g/mol. The van der Waals surface area contributed by atoms with Crippen molar-refractivity contribution in [2.75, 3.05) is 39.4 Å². The van der Waals surface area contributed by atoms with Gasteiger partial charge in [0.25, 0.3) is 0 Å². The summed E-state index contributed by atoms with van der Waals surface area (Å²) in [7, 11) is 0. The van der Waals surface area contributed by atoms with Crippen molar-refractivity contribution in [1.29, 1.82) is 0 Å². The van der Waals surface area contributed by atoms with Crippen LogP contribution in [0, 0.1) is 11.8 Å². The Morgan fingerprint density at radius 3 is 2.00 bits per heavy atom. The summed E-state index contributed by atoms with van der Waals surface area (Å²) in [6, 6.07) is 0. The molecule has 0 saturated carbocycles. The minimum absolute atomic E-state index is 0.338. The van der Waals surface area contributed by atoms with Crippen LogP contribution in [-0.4, -0.2) is 61.0 Å². The van der Waals surface area contributed by atoms with E-state index in [1.165, 1.54) is 0 Å². The summed E-state index contributed by atoms with van der Waals surface area (Å²) < 4.78 is 5.19. The van der Waals surface area contributed by atoms with Crippen LogP contribution in [0.5, 0.6) is 0 Å². The smallest absolute Gasteiger partial charge is 0.312 e. The minimum Gasteiger partial charge on any atom is -0.378 e. The fraction of sp³-hybridized carbons (Fsp3) is 0.846. The van der Waals surface area contributed by atoms with E-state index in [4.69, 9.17) is 4.74 Å². The molecule has 102 valence electrons. The molecule has 0 radical (unpaired) electrons. The molecule has 2 atom stereocenters. The zero-order valence-corrected chi connectivity index (χ0v) is 11.2. The predicted molar refractivity (Wildman–Crippen MR) is 66.9 cm³/mol.